The van der Waals surface area contributed by atoms with Crippen LogP contribution in [0.1, 0.15) is 229 Å². The van der Waals surface area contributed by atoms with Gasteiger partial charge in [0.15, 0.2) is 49.9 Å². The monoisotopic (exact) mass is 2300 g/mol. The molecule has 0 saturated carbocycles. The molecule has 11 aromatic rings. The van der Waals surface area contributed by atoms with Crippen molar-refractivity contribution < 1.29 is 57.6 Å². The number of thioether (sulfide) groups is 1. The van der Waals surface area contributed by atoms with Gasteiger partial charge in [0.05, 0.1) is 11.6 Å². The smallest absolute Gasteiger partial charge is 0.322 e. The number of thiocarbonyl (C=S) groups is 1. The molecule has 5 aliphatic carbocycles. The van der Waals surface area contributed by atoms with Gasteiger partial charge in [0.25, 0.3) is 29.5 Å². The van der Waals surface area contributed by atoms with Crippen LogP contribution < -0.4 is 56.4 Å². The second-order valence-corrected chi connectivity index (χ2v) is 45.4. The number of fused-ring (bicyclic) bond motifs is 15. The van der Waals surface area contributed by atoms with E-state index in [-0.39, 0.29) is 102 Å². The largest absolute Gasteiger partial charge is 0.489 e. The predicted molar refractivity (Wildman–Crippen MR) is 600 cm³/mol. The fourth-order valence-corrected chi connectivity index (χ4v) is 27.8. The number of aryl methyl sites for hydroxylation is 5. The van der Waals surface area contributed by atoms with Crippen LogP contribution in [-0.2, 0) is 83.8 Å². The van der Waals surface area contributed by atoms with Crippen molar-refractivity contribution in [2.75, 3.05) is 34.5 Å². The van der Waals surface area contributed by atoms with Gasteiger partial charge in [-0.3, -0.25) is 44.0 Å². The van der Waals surface area contributed by atoms with E-state index in [0.717, 1.165) is 177 Å². The Balaban J connectivity index is 0.000000113. The lowest BCUT2D eigenvalue weighted by Crippen LogP contribution is -2.51. The number of benzene rings is 11. The highest BCUT2D eigenvalue weighted by Crippen LogP contribution is 2.58. The van der Waals surface area contributed by atoms with Crippen molar-refractivity contribution in [2.45, 2.75) is 230 Å². The maximum absolute atomic E-state index is 13.7. The zero-order valence-electron chi connectivity index (χ0n) is 84.5. The Labute approximate surface area is 917 Å². The molecule has 2 saturated heterocycles. The van der Waals surface area contributed by atoms with Crippen LogP contribution in [0.2, 0.25) is 0 Å². The molecule has 2 fully saturated rings. The summed E-state index contributed by atoms with van der Waals surface area (Å²) in [6.07, 6.45) is 20.1. The van der Waals surface area contributed by atoms with Crippen molar-refractivity contribution in [2.24, 2.45) is 26.4 Å². The van der Waals surface area contributed by atoms with Crippen LogP contribution in [0.25, 0.3) is 11.1 Å². The average molecular weight is 2310 g/mol. The summed E-state index contributed by atoms with van der Waals surface area (Å²) in [4.78, 5) is 97.5. The molecule has 11 aromatic carbocycles. The molecular formula is C119H119Br4N13O12S2. The first-order chi connectivity index (χ1) is 72.7. The van der Waals surface area contributed by atoms with Crippen molar-refractivity contribution in [3.05, 3.63) is 343 Å². The van der Waals surface area contributed by atoms with Crippen LogP contribution in [0.15, 0.2) is 269 Å². The number of aliphatic hydroxyl groups excluding tert-OH is 1. The normalized spacial score (nSPS) is 27.0. The number of ether oxygens (including phenoxy) is 5. The molecule has 5 spiro atoms. The Hall–Kier alpha value is -12.5. The number of urea groups is 1. The van der Waals surface area contributed by atoms with Crippen LogP contribution in [0.4, 0.5) is 4.79 Å². The fourth-order valence-electron chi connectivity index (χ4n) is 25.5. The average Bonchev–Trinajstić information content (AvgIpc) is 1.53. The lowest BCUT2D eigenvalue weighted by Gasteiger charge is -2.42. The van der Waals surface area contributed by atoms with E-state index >= 15 is 0 Å². The number of nitrogens with one attached hydrogen (secondary N) is 4. The maximum Gasteiger partial charge on any atom is 0.322 e. The van der Waals surface area contributed by atoms with E-state index in [0.29, 0.717) is 59.8 Å². The van der Waals surface area contributed by atoms with E-state index in [1.807, 2.05) is 136 Å². The number of nitriles is 1. The van der Waals surface area contributed by atoms with Crippen LogP contribution in [0, 0.1) is 11.3 Å². The van der Waals surface area contributed by atoms with Gasteiger partial charge in [-0.25, -0.2) is 19.8 Å². The highest BCUT2D eigenvalue weighted by atomic mass is 79.9. The molecule has 26 rings (SSSR count). The van der Waals surface area contributed by atoms with Gasteiger partial charge in [-0.15, -0.1) is 0 Å². The molecule has 0 bridgehead atoms. The molecule has 150 heavy (non-hydrogen) atoms. The van der Waals surface area contributed by atoms with Crippen molar-refractivity contribution in [3.8, 4) is 45.9 Å². The summed E-state index contributed by atoms with van der Waals surface area (Å²) in [5, 5.41) is 28.9. The molecule has 0 aromatic heterocycles. The minimum atomic E-state index is -1.12. The molecule has 15 unspecified atom stereocenters. The minimum absolute atomic E-state index is 0.0404. The molecule has 0 radical (unpaired) electrons. The molecule has 772 valence electrons. The van der Waals surface area contributed by atoms with Gasteiger partial charge in [0.1, 0.15) is 59.3 Å². The van der Waals surface area contributed by atoms with E-state index in [1.54, 1.807) is 25.1 Å². The number of carbonyl (C=O) groups is 6. The highest BCUT2D eigenvalue weighted by molar-refractivity contribution is 9.11. The second kappa shape index (κ2) is 43.3. The standard InChI is InChI=1S/C29H26N4O2.C23H23BrN2O2S.C22H22BrN3O2.C21H19BrN2O3.C21H19BrN2O2S.C2H6.CH4O/c1-33-27(34)29(32-28(33)31)16-26(23-11-5-8-19-7-2-3-10-22(19)23)35-25-13-12-21(15-24(25)29)20-9-4-6-18(14-20)17-30;1-26-21(27)23(25-22(26)29-2)13-20(28-19-11-10-15(24)12-18(19)23)17-9-5-7-14-6-3-4-8-16(14)17;1-26-20(27)22(25-21(26)24)12-19(28-18-10-9-14(23)11-17(18)22)16-8-4-6-13-5-2-3-7-15(13)16;22-13-8-9-17-16(10-13)21(19(25)23-20(26)24-21)11-18(27-17)15-7-3-5-12-4-1-2-6-14(12)15;22-13-8-9-17-16(10-13)21(19(25)23-20(27)24-21)11-18(26-17)15-7-3-5-12-4-1-2-6-14(12)15;2*1-2/h2-4,6-7,9-10,12-15,23,26H,5,8,11,16H2,1H3,(H2,31,32);3-4,6,8,10-12,17,20H,5,7,9,13H2,1-2H3;2-3,5,7,9-11,16,19H,4,6,8,12H2,1H3,(H2,24,25);1-2,4,6,8-10,15,18H,3,5,7,11H2,(H2,23,24,25,26);1-2,4,6,8-10,15,18H,3,5,7,11H2,(H2,23,24,25,27);1-2H3;2H,1H3. The summed E-state index contributed by atoms with van der Waals surface area (Å²) in [5.74, 6) is 4.70. The molecule has 7 amide bonds. The summed E-state index contributed by atoms with van der Waals surface area (Å²) >= 11 is 20.9. The summed E-state index contributed by atoms with van der Waals surface area (Å²) in [6.45, 7) is 4.00. The number of hydrogen-bond acceptors (Lipinski definition) is 20. The third kappa shape index (κ3) is 19.2. The van der Waals surface area contributed by atoms with Crippen LogP contribution in [0.5, 0.6) is 28.7 Å². The van der Waals surface area contributed by atoms with Crippen LogP contribution in [0.3, 0.4) is 0 Å². The Morgan fingerprint density at radius 2 is 0.693 bits per heavy atom. The topological polar surface area (TPSA) is 340 Å². The van der Waals surface area contributed by atoms with Gasteiger partial charge < -0.3 is 56.2 Å². The maximum atomic E-state index is 13.7. The Morgan fingerprint density at radius 1 is 0.387 bits per heavy atom. The SMILES string of the molecule is CC.CN1C(=O)C2(CC(C3CCCc4ccccc43)Oc3ccc(-c4cccc(C#N)c4)cc32)N=C1N.CN1C(=O)C2(CC(C3CCCc4ccccc43)Oc3ccc(Br)cc32)N=C1N.CO.CSC1=NC2(CC(C3CCCc4ccccc43)Oc3ccc(Br)cc32)C(=O)N1C.O=C1NC(=O)C2(CC(C3CCCc4ccccc43)Oc3ccc(Br)cc32)N1.O=C1NC(=S)NC12CC(C1CCCc3ccccc31)Oc1ccc(Br)cc12. The van der Waals surface area contributed by atoms with Crippen molar-refractivity contribution >= 4 is 145 Å². The number of aliphatic imine (C=N–C) groups is 3. The van der Waals surface area contributed by atoms with Gasteiger partial charge in [-0.2, -0.15) is 5.26 Å². The number of nitrogens with two attached hydrogens (primary N) is 2. The first-order valence-electron chi connectivity index (χ1n) is 51.6. The molecule has 31 heteroatoms. The van der Waals surface area contributed by atoms with E-state index in [4.69, 9.17) is 67.5 Å². The highest BCUT2D eigenvalue weighted by Gasteiger charge is 2.61. The Morgan fingerprint density at radius 3 is 1.01 bits per heavy atom. The number of guanidine groups is 2. The zero-order valence-corrected chi connectivity index (χ0v) is 92.5. The van der Waals surface area contributed by atoms with Gasteiger partial charge in [0.2, 0.25) is 0 Å². The van der Waals surface area contributed by atoms with Crippen molar-refractivity contribution in [3.63, 3.8) is 0 Å². The number of amides is 7. The molecule has 10 heterocycles. The quantitative estimate of drug-likeness (QED) is 0.0600. The molecule has 15 aliphatic rings. The van der Waals surface area contributed by atoms with Gasteiger partial charge in [0, 0.05) is 136 Å². The number of likely N-dealkylation sites (N-methyl/N-ethyl adjacent to an activating group) is 3. The van der Waals surface area contributed by atoms with Gasteiger partial charge in [-0.05, 0) is 279 Å². The van der Waals surface area contributed by atoms with Crippen LogP contribution in [-0.4, -0.2) is 143 Å². The molecular weight excluding hydrogens is 2190 g/mol. The van der Waals surface area contributed by atoms with Crippen molar-refractivity contribution in [1.29, 1.82) is 5.26 Å². The van der Waals surface area contributed by atoms with Gasteiger partial charge >= 0.3 is 6.03 Å². The van der Waals surface area contributed by atoms with E-state index in [2.05, 4.69) is 212 Å². The van der Waals surface area contributed by atoms with Crippen molar-refractivity contribution in [1.82, 2.24) is 36.0 Å². The number of hydrogen-bond donors (Lipinski definition) is 7. The first kappa shape index (κ1) is 105. The third-order valence-corrected chi connectivity index (χ3v) is 35.4. The number of imide groups is 1. The Kier molecular flexibility index (Phi) is 30.2. The first-order valence-corrected chi connectivity index (χ1v) is 56.5. The third-order valence-electron chi connectivity index (χ3n) is 32.5. The number of aliphatic hydroxyl groups is 1. The van der Waals surface area contributed by atoms with E-state index in [9.17, 15) is 34.0 Å². The lowest BCUT2D eigenvalue weighted by molar-refractivity contribution is -0.133. The summed E-state index contributed by atoms with van der Waals surface area (Å²) in [6, 6.07) is 81.2. The van der Waals surface area contributed by atoms with Gasteiger partial charge in [-0.1, -0.05) is 229 Å². The number of amidine groups is 1. The number of rotatable bonds is 6. The summed E-state index contributed by atoms with van der Waals surface area (Å²) in [7, 11) is 6.19. The second-order valence-electron chi connectivity index (χ2n) is 40.6. The summed E-state index contributed by atoms with van der Waals surface area (Å²) in [5.41, 5.74) is 27.2. The Bertz CT molecular complexity index is 7190. The van der Waals surface area contributed by atoms with E-state index < -0.39 is 33.7 Å². The molecule has 15 atom stereocenters. The lowest BCUT2D eigenvalue weighted by atomic mass is 9.73. The number of nitrogens with zero attached hydrogens (tertiary/aromatic N) is 7. The summed E-state index contributed by atoms with van der Waals surface area (Å²) < 4.78 is 36.1. The fraction of sp³-hybridized carbons (Fsp3) is 0.353. The molecule has 10 aliphatic heterocycles. The predicted octanol–water partition coefficient (Wildman–Crippen LogP) is 21.6. The van der Waals surface area contributed by atoms with E-state index in [1.165, 1.54) is 77.2 Å². The molecule has 25 nitrogen and oxygen atoms in total. The molecule has 9 N–H and O–H groups in total. The van der Waals surface area contributed by atoms with Crippen LogP contribution >= 0.6 is 87.7 Å². The minimum Gasteiger partial charge on any atom is -0.489 e. The zero-order chi connectivity index (χ0) is 105. The number of halogens is 4. The number of carbonyl (C=O) groups excluding carboxylic acids is 6.